The van der Waals surface area contributed by atoms with E-state index in [1.165, 1.54) is 6.92 Å². The molecule has 0 aliphatic heterocycles. The molecule has 0 saturated heterocycles. The molecule has 46 valence electrons. The van der Waals surface area contributed by atoms with Gasteiger partial charge in [-0.05, 0) is 18.5 Å². The monoisotopic (exact) mass is 135 g/mol. The van der Waals surface area contributed by atoms with Gasteiger partial charge in [0.05, 0.1) is 6.04 Å². The third kappa shape index (κ3) is 3.61. The first-order chi connectivity index (χ1) is 3.66. The largest absolute Gasteiger partial charge is 0.333 e. The molecule has 1 amide bonds. The molecule has 0 aromatic carbocycles. The summed E-state index contributed by atoms with van der Waals surface area (Å²) >= 11 is 4.84. The number of amides is 1. The zero-order valence-electron chi connectivity index (χ0n) is 4.35. The summed E-state index contributed by atoms with van der Waals surface area (Å²) in [6.07, 6.45) is 0.598. The molecule has 0 bridgehead atoms. The van der Waals surface area contributed by atoms with Crippen molar-refractivity contribution in [3.05, 3.63) is 0 Å². The minimum Gasteiger partial charge on any atom is -0.333 e. The van der Waals surface area contributed by atoms with Gasteiger partial charge in [-0.15, -0.1) is 0 Å². The number of carbonyl (C=O) groups excluding carboxylic acids is 2. The molecular formula is C4H6ClNO2. The predicted octanol–water partition coefficient (Wildman–Crippen LogP) is 0.522. The van der Waals surface area contributed by atoms with Crippen molar-refractivity contribution in [2.24, 2.45) is 0 Å². The molecule has 4 heteroatoms. The average Bonchev–Trinajstić information content (AvgIpc) is 1.65. The summed E-state index contributed by atoms with van der Waals surface area (Å²) in [5.41, 5.74) is 0. The van der Waals surface area contributed by atoms with Gasteiger partial charge in [0.2, 0.25) is 0 Å². The van der Waals surface area contributed by atoms with Gasteiger partial charge in [-0.1, -0.05) is 0 Å². The molecule has 0 aromatic rings. The fraction of sp³-hybridized carbons (Fsp3) is 0.500. The van der Waals surface area contributed by atoms with Gasteiger partial charge in [0.25, 0.3) is 0 Å². The molecule has 0 fully saturated rings. The zero-order chi connectivity index (χ0) is 6.57. The molecule has 0 aromatic heterocycles. The van der Waals surface area contributed by atoms with E-state index in [4.69, 9.17) is 11.6 Å². The number of halogens is 1. The summed E-state index contributed by atoms with van der Waals surface area (Å²) in [6, 6.07) is -0.486. The normalized spacial score (nSPS) is 12.2. The topological polar surface area (TPSA) is 46.2 Å². The maximum absolute atomic E-state index is 9.91. The van der Waals surface area contributed by atoms with Crippen molar-refractivity contribution in [3.8, 4) is 0 Å². The number of carbonyl (C=O) groups is 2. The molecule has 0 rings (SSSR count). The van der Waals surface area contributed by atoms with Crippen molar-refractivity contribution in [3.63, 3.8) is 0 Å². The van der Waals surface area contributed by atoms with Crippen LogP contribution in [0.5, 0.6) is 0 Å². The maximum atomic E-state index is 9.91. The van der Waals surface area contributed by atoms with Crippen molar-refractivity contribution in [2.45, 2.75) is 13.0 Å². The average molecular weight is 136 g/mol. The highest BCUT2D eigenvalue weighted by Crippen LogP contribution is 1.79. The van der Waals surface area contributed by atoms with Gasteiger partial charge in [0.15, 0.2) is 0 Å². The highest BCUT2D eigenvalue weighted by molar-refractivity contribution is 6.63. The van der Waals surface area contributed by atoms with E-state index in [0.29, 0.717) is 6.29 Å². The number of hydrogen-bond donors (Lipinski definition) is 1. The van der Waals surface area contributed by atoms with E-state index in [0.717, 1.165) is 0 Å². The van der Waals surface area contributed by atoms with Crippen LogP contribution in [0.25, 0.3) is 0 Å². The molecule has 0 aliphatic carbocycles. The Morgan fingerprint density at radius 3 is 2.50 bits per heavy atom. The second-order valence-electron chi connectivity index (χ2n) is 1.34. The summed E-state index contributed by atoms with van der Waals surface area (Å²) in [5.74, 6) is 0. The van der Waals surface area contributed by atoms with Gasteiger partial charge in [0, 0.05) is 0 Å². The first-order valence-corrected chi connectivity index (χ1v) is 2.46. The highest BCUT2D eigenvalue weighted by atomic mass is 35.5. The molecule has 8 heavy (non-hydrogen) atoms. The number of rotatable bonds is 2. The van der Waals surface area contributed by atoms with Gasteiger partial charge < -0.3 is 10.1 Å². The lowest BCUT2D eigenvalue weighted by atomic mass is 10.4. The lowest BCUT2D eigenvalue weighted by Gasteiger charge is -1.99. The molecule has 3 nitrogen and oxygen atoms in total. The lowest BCUT2D eigenvalue weighted by Crippen LogP contribution is -2.28. The van der Waals surface area contributed by atoms with Crippen LogP contribution in [0.3, 0.4) is 0 Å². The van der Waals surface area contributed by atoms with E-state index in [-0.39, 0.29) is 0 Å². The lowest BCUT2D eigenvalue weighted by molar-refractivity contribution is -0.109. The van der Waals surface area contributed by atoms with E-state index in [9.17, 15) is 9.59 Å². The van der Waals surface area contributed by atoms with Crippen molar-refractivity contribution in [2.75, 3.05) is 0 Å². The van der Waals surface area contributed by atoms with E-state index in [2.05, 4.69) is 5.32 Å². The molecular weight excluding hydrogens is 130 g/mol. The Hall–Kier alpha value is -0.570. The summed E-state index contributed by atoms with van der Waals surface area (Å²) in [4.78, 5) is 19.7. The molecule has 0 saturated carbocycles. The van der Waals surface area contributed by atoms with E-state index in [1.54, 1.807) is 0 Å². The smallest absolute Gasteiger partial charge is 0.314 e. The molecule has 0 aliphatic rings. The Kier molecular flexibility index (Phi) is 3.19. The summed E-state index contributed by atoms with van der Waals surface area (Å²) in [7, 11) is 0. The minimum absolute atomic E-state index is 0.486. The molecule has 1 N–H and O–H groups in total. The van der Waals surface area contributed by atoms with Gasteiger partial charge in [-0.3, -0.25) is 4.79 Å². The fourth-order valence-corrected chi connectivity index (χ4v) is 0.385. The van der Waals surface area contributed by atoms with Crippen molar-refractivity contribution in [1.29, 1.82) is 0 Å². The molecule has 1 unspecified atom stereocenters. The fourth-order valence-electron chi connectivity index (χ4n) is 0.213. The van der Waals surface area contributed by atoms with Crippen LogP contribution < -0.4 is 5.32 Å². The van der Waals surface area contributed by atoms with Crippen LogP contribution >= 0.6 is 11.6 Å². The van der Waals surface area contributed by atoms with E-state index in [1.807, 2.05) is 0 Å². The third-order valence-electron chi connectivity index (χ3n) is 0.545. The van der Waals surface area contributed by atoms with Crippen LogP contribution in [0.2, 0.25) is 0 Å². The standard InChI is InChI=1S/C4H6ClNO2/c1-3(2-7)6-4(5)8/h2-3H,1H3,(H,6,8). The first kappa shape index (κ1) is 7.43. The Labute approximate surface area is 52.0 Å². The van der Waals surface area contributed by atoms with Crippen LogP contribution in [0.4, 0.5) is 4.79 Å². The number of nitrogens with one attached hydrogen (secondary N) is 1. The van der Waals surface area contributed by atoms with E-state index >= 15 is 0 Å². The van der Waals surface area contributed by atoms with Gasteiger partial charge >= 0.3 is 5.37 Å². The second-order valence-corrected chi connectivity index (χ2v) is 1.69. The van der Waals surface area contributed by atoms with E-state index < -0.39 is 11.4 Å². The third-order valence-corrected chi connectivity index (χ3v) is 0.654. The van der Waals surface area contributed by atoms with Crippen LogP contribution in [0.1, 0.15) is 6.92 Å². The summed E-state index contributed by atoms with van der Waals surface area (Å²) < 4.78 is 0. The SMILES string of the molecule is CC(C=O)NC(=O)Cl. The molecule has 1 atom stereocenters. The van der Waals surface area contributed by atoms with Crippen LogP contribution in [-0.2, 0) is 4.79 Å². The molecule has 0 spiro atoms. The predicted molar refractivity (Wildman–Crippen MR) is 29.9 cm³/mol. The Morgan fingerprint density at radius 2 is 2.38 bits per heavy atom. The van der Waals surface area contributed by atoms with Crippen molar-refractivity contribution < 1.29 is 9.59 Å². The summed E-state index contributed by atoms with van der Waals surface area (Å²) in [6.45, 7) is 1.54. The molecule has 0 radical (unpaired) electrons. The first-order valence-electron chi connectivity index (χ1n) is 2.08. The Balaban J connectivity index is 3.38. The Bertz CT molecular complexity index is 104. The van der Waals surface area contributed by atoms with Crippen LogP contribution in [0, 0.1) is 0 Å². The number of aldehydes is 1. The summed E-state index contributed by atoms with van der Waals surface area (Å²) in [5, 5.41) is 1.45. The number of hydrogen-bond acceptors (Lipinski definition) is 2. The van der Waals surface area contributed by atoms with Crippen LogP contribution in [0.15, 0.2) is 0 Å². The zero-order valence-corrected chi connectivity index (χ0v) is 5.11. The Morgan fingerprint density at radius 1 is 1.88 bits per heavy atom. The minimum atomic E-state index is -0.704. The second kappa shape index (κ2) is 3.43. The van der Waals surface area contributed by atoms with Gasteiger partial charge in [-0.25, -0.2) is 0 Å². The highest BCUT2D eigenvalue weighted by Gasteiger charge is 1.99. The maximum Gasteiger partial charge on any atom is 0.314 e. The van der Waals surface area contributed by atoms with Crippen molar-refractivity contribution >= 4 is 23.3 Å². The van der Waals surface area contributed by atoms with Gasteiger partial charge in [0.1, 0.15) is 6.29 Å². The van der Waals surface area contributed by atoms with Crippen LogP contribution in [-0.4, -0.2) is 17.7 Å². The quantitative estimate of drug-likeness (QED) is 0.341. The van der Waals surface area contributed by atoms with Gasteiger partial charge in [-0.2, -0.15) is 0 Å². The molecule has 0 heterocycles. The van der Waals surface area contributed by atoms with Crippen molar-refractivity contribution in [1.82, 2.24) is 5.32 Å².